The number of nitrogens with zero attached hydrogens (tertiary/aromatic N) is 1. The van der Waals surface area contributed by atoms with Gasteiger partial charge in [-0.05, 0) is 29.9 Å². The Morgan fingerprint density at radius 1 is 1.73 bits per heavy atom. The van der Waals surface area contributed by atoms with Crippen LogP contribution in [0, 0.1) is 0 Å². The molecule has 4 N–H and O–H groups in total. The summed E-state index contributed by atoms with van der Waals surface area (Å²) in [6, 6.07) is 1.33. The van der Waals surface area contributed by atoms with Gasteiger partial charge >= 0.3 is 6.03 Å². The van der Waals surface area contributed by atoms with Gasteiger partial charge < -0.3 is 16.3 Å². The van der Waals surface area contributed by atoms with Crippen LogP contribution in [0.1, 0.15) is 29.3 Å². The maximum atomic E-state index is 10.8. The molecule has 0 saturated carbocycles. The third kappa shape index (κ3) is 1.80. The Morgan fingerprint density at radius 3 is 3.20 bits per heavy atom. The summed E-state index contributed by atoms with van der Waals surface area (Å²) in [6.07, 6.45) is 1.36. The molecule has 1 aromatic rings. The van der Waals surface area contributed by atoms with Gasteiger partial charge in [0.1, 0.15) is 0 Å². The van der Waals surface area contributed by atoms with Crippen LogP contribution in [0.2, 0.25) is 0 Å². The second-order valence-electron chi connectivity index (χ2n) is 3.35. The van der Waals surface area contributed by atoms with E-state index in [1.807, 2.05) is 11.4 Å². The third-order valence-corrected chi connectivity index (χ3v) is 3.42. The molecule has 0 fully saturated rings. The predicted octanol–water partition coefficient (Wildman–Crippen LogP) is 1.43. The van der Waals surface area contributed by atoms with Gasteiger partial charge in [0, 0.05) is 0 Å². The Balaban J connectivity index is 2.31. The van der Waals surface area contributed by atoms with Crippen LogP contribution in [0.3, 0.4) is 0 Å². The van der Waals surface area contributed by atoms with Gasteiger partial charge in [-0.15, -0.1) is 11.3 Å². The van der Waals surface area contributed by atoms with Crippen LogP contribution in [0.15, 0.2) is 16.6 Å². The summed E-state index contributed by atoms with van der Waals surface area (Å²) in [5.41, 5.74) is 6.76. The van der Waals surface area contributed by atoms with Crippen molar-refractivity contribution >= 4 is 23.1 Å². The Hall–Kier alpha value is -1.56. The molecule has 5 nitrogen and oxygen atoms in total. The molecule has 1 aromatic heterocycles. The lowest BCUT2D eigenvalue weighted by Crippen LogP contribution is -2.35. The number of carbonyl (C=O) groups excluding carboxylic acids is 1. The van der Waals surface area contributed by atoms with E-state index in [0.29, 0.717) is 18.6 Å². The van der Waals surface area contributed by atoms with Crippen molar-refractivity contribution in [3.05, 3.63) is 21.9 Å². The first kappa shape index (κ1) is 9.97. The minimum absolute atomic E-state index is 0.0609. The molecule has 15 heavy (non-hydrogen) atoms. The maximum Gasteiger partial charge on any atom is 0.312 e. The number of carbonyl (C=O) groups is 1. The fourth-order valence-electron chi connectivity index (χ4n) is 1.80. The van der Waals surface area contributed by atoms with Crippen molar-refractivity contribution in [1.82, 2.24) is 5.32 Å². The minimum atomic E-state index is -0.526. The molecular weight excluding hydrogens is 214 g/mol. The fourth-order valence-corrected chi connectivity index (χ4v) is 2.77. The Morgan fingerprint density at radius 2 is 2.53 bits per heavy atom. The Labute approximate surface area is 90.6 Å². The second-order valence-corrected chi connectivity index (χ2v) is 4.27. The van der Waals surface area contributed by atoms with E-state index in [9.17, 15) is 4.79 Å². The summed E-state index contributed by atoms with van der Waals surface area (Å²) >= 11 is 1.51. The number of fused-ring (bicyclic) bond motifs is 1. The number of thiophene rings is 1. The lowest BCUT2D eigenvalue weighted by Gasteiger charge is -2.23. The van der Waals surface area contributed by atoms with Gasteiger partial charge in [-0.25, -0.2) is 4.79 Å². The van der Waals surface area contributed by atoms with Gasteiger partial charge in [0.15, 0.2) is 0 Å². The van der Waals surface area contributed by atoms with Crippen molar-refractivity contribution in [1.29, 1.82) is 0 Å². The number of urea groups is 1. The SMILES string of the molecule is NC(=O)N[C@H]1CCC(=NO)c2sccc21. The topological polar surface area (TPSA) is 87.7 Å². The highest BCUT2D eigenvalue weighted by Crippen LogP contribution is 2.33. The molecule has 0 saturated heterocycles. The highest BCUT2D eigenvalue weighted by Gasteiger charge is 2.26. The lowest BCUT2D eigenvalue weighted by atomic mass is 9.93. The normalized spacial score (nSPS) is 22.4. The number of rotatable bonds is 1. The van der Waals surface area contributed by atoms with E-state index >= 15 is 0 Å². The zero-order chi connectivity index (χ0) is 10.8. The van der Waals surface area contributed by atoms with Gasteiger partial charge in [-0.2, -0.15) is 0 Å². The molecule has 0 aliphatic heterocycles. The van der Waals surface area contributed by atoms with Crippen LogP contribution in [-0.2, 0) is 0 Å². The molecule has 1 heterocycles. The van der Waals surface area contributed by atoms with E-state index in [1.54, 1.807) is 0 Å². The number of amides is 2. The summed E-state index contributed by atoms with van der Waals surface area (Å²) in [5.74, 6) is 0. The summed E-state index contributed by atoms with van der Waals surface area (Å²) in [6.45, 7) is 0. The molecule has 6 heteroatoms. The molecule has 1 aliphatic rings. The molecular formula is C9H11N3O2S. The number of oxime groups is 1. The van der Waals surface area contributed by atoms with Crippen LogP contribution in [0.25, 0.3) is 0 Å². The maximum absolute atomic E-state index is 10.8. The number of nitrogens with two attached hydrogens (primary N) is 1. The van der Waals surface area contributed by atoms with Crippen molar-refractivity contribution in [2.45, 2.75) is 18.9 Å². The lowest BCUT2D eigenvalue weighted by molar-refractivity contribution is 0.244. The van der Waals surface area contributed by atoms with E-state index < -0.39 is 6.03 Å². The van der Waals surface area contributed by atoms with Gasteiger partial charge in [-0.3, -0.25) is 0 Å². The van der Waals surface area contributed by atoms with E-state index in [4.69, 9.17) is 10.9 Å². The molecule has 1 aliphatic carbocycles. The van der Waals surface area contributed by atoms with Gasteiger partial charge in [-0.1, -0.05) is 5.16 Å². The van der Waals surface area contributed by atoms with E-state index in [0.717, 1.165) is 10.4 Å². The molecule has 2 rings (SSSR count). The smallest absolute Gasteiger partial charge is 0.312 e. The van der Waals surface area contributed by atoms with Crippen LogP contribution in [0.4, 0.5) is 4.79 Å². The first-order chi connectivity index (χ1) is 7.22. The van der Waals surface area contributed by atoms with Crippen molar-refractivity contribution in [3.63, 3.8) is 0 Å². The van der Waals surface area contributed by atoms with Crippen LogP contribution in [-0.4, -0.2) is 17.0 Å². The van der Waals surface area contributed by atoms with Gasteiger partial charge in [0.2, 0.25) is 0 Å². The Bertz CT molecular complexity index is 413. The Kier molecular flexibility index (Phi) is 2.59. The van der Waals surface area contributed by atoms with Crippen LogP contribution in [0.5, 0.6) is 0 Å². The first-order valence-corrected chi connectivity index (χ1v) is 5.45. The number of nitrogens with one attached hydrogen (secondary N) is 1. The summed E-state index contributed by atoms with van der Waals surface area (Å²) in [7, 11) is 0. The molecule has 2 amide bonds. The van der Waals surface area contributed by atoms with Crippen molar-refractivity contribution in [2.24, 2.45) is 10.9 Å². The zero-order valence-corrected chi connectivity index (χ0v) is 8.75. The monoisotopic (exact) mass is 225 g/mol. The summed E-state index contributed by atoms with van der Waals surface area (Å²) in [5, 5.41) is 16.7. The zero-order valence-electron chi connectivity index (χ0n) is 7.93. The number of primary amides is 1. The molecule has 0 aromatic carbocycles. The molecule has 80 valence electrons. The average Bonchev–Trinajstić information content (AvgIpc) is 2.66. The molecule has 0 unspecified atom stereocenters. The predicted molar refractivity (Wildman–Crippen MR) is 57.3 cm³/mol. The second kappa shape index (κ2) is 3.90. The van der Waals surface area contributed by atoms with Crippen molar-refractivity contribution < 1.29 is 10.0 Å². The van der Waals surface area contributed by atoms with Crippen molar-refractivity contribution in [3.8, 4) is 0 Å². The molecule has 1 atom stereocenters. The summed E-state index contributed by atoms with van der Waals surface area (Å²) in [4.78, 5) is 11.7. The highest BCUT2D eigenvalue weighted by molar-refractivity contribution is 7.12. The third-order valence-electron chi connectivity index (χ3n) is 2.44. The highest BCUT2D eigenvalue weighted by atomic mass is 32.1. The molecule has 0 radical (unpaired) electrons. The van der Waals surface area contributed by atoms with E-state index in [-0.39, 0.29) is 6.04 Å². The van der Waals surface area contributed by atoms with Gasteiger partial charge in [0.05, 0.1) is 16.6 Å². The van der Waals surface area contributed by atoms with Crippen molar-refractivity contribution in [2.75, 3.05) is 0 Å². The average molecular weight is 225 g/mol. The standard InChI is InChI=1S/C9H11N3O2S/c10-9(13)11-6-1-2-7(12-14)8-5(6)3-4-15-8/h3-4,6,14H,1-2H2,(H3,10,11,13)/t6-/m0/s1. The van der Waals surface area contributed by atoms with Crippen LogP contribution >= 0.6 is 11.3 Å². The first-order valence-electron chi connectivity index (χ1n) is 4.57. The quantitative estimate of drug-likeness (QED) is 0.498. The number of hydrogen-bond acceptors (Lipinski definition) is 4. The van der Waals surface area contributed by atoms with E-state index in [2.05, 4.69) is 10.5 Å². The fraction of sp³-hybridized carbons (Fsp3) is 0.333. The van der Waals surface area contributed by atoms with E-state index in [1.165, 1.54) is 11.3 Å². The van der Waals surface area contributed by atoms with Crippen LogP contribution < -0.4 is 11.1 Å². The molecule has 0 bridgehead atoms. The largest absolute Gasteiger partial charge is 0.411 e. The number of hydrogen-bond donors (Lipinski definition) is 3. The molecule has 0 spiro atoms. The minimum Gasteiger partial charge on any atom is -0.411 e. The van der Waals surface area contributed by atoms with Gasteiger partial charge in [0.25, 0.3) is 0 Å². The summed E-state index contributed by atoms with van der Waals surface area (Å²) < 4.78 is 0.